The van der Waals surface area contributed by atoms with Crippen LogP contribution in [-0.2, 0) is 11.3 Å². The predicted octanol–water partition coefficient (Wildman–Crippen LogP) is 4.85. The molecule has 0 amide bonds. The smallest absolute Gasteiger partial charge is 0.142 e. The molecule has 1 saturated carbocycles. The van der Waals surface area contributed by atoms with E-state index in [0.29, 0.717) is 30.8 Å². The van der Waals surface area contributed by atoms with Crippen LogP contribution in [0.1, 0.15) is 37.7 Å². The molecule has 2 aromatic rings. The molecule has 6 heteroatoms. The van der Waals surface area contributed by atoms with Crippen LogP contribution in [0.25, 0.3) is 0 Å². The van der Waals surface area contributed by atoms with Gasteiger partial charge in [0.05, 0.1) is 25.0 Å². The molecule has 0 saturated heterocycles. The van der Waals surface area contributed by atoms with Gasteiger partial charge in [-0.15, -0.1) is 0 Å². The molecule has 1 aliphatic carbocycles. The Balaban J connectivity index is 1.31. The van der Waals surface area contributed by atoms with Crippen molar-refractivity contribution < 1.29 is 23.0 Å². The molecule has 146 valence electrons. The Bertz CT molecular complexity index is 750. The molecule has 0 bridgehead atoms. The molecule has 0 atom stereocenters. The lowest BCUT2D eigenvalue weighted by molar-refractivity contribution is 0.111. The van der Waals surface area contributed by atoms with Gasteiger partial charge in [0.15, 0.2) is 0 Å². The molecule has 0 aliphatic heterocycles. The normalized spacial score (nSPS) is 14.0. The first-order valence-corrected chi connectivity index (χ1v) is 9.32. The Morgan fingerprint density at radius 1 is 1.00 bits per heavy atom. The number of rotatable bonds is 10. The monoisotopic (exact) mass is 377 g/mol. The van der Waals surface area contributed by atoms with Gasteiger partial charge in [-0.25, -0.2) is 8.78 Å². The number of benzene rings is 2. The van der Waals surface area contributed by atoms with Crippen LogP contribution in [-0.4, -0.2) is 19.3 Å². The minimum absolute atomic E-state index is 0.0554. The minimum atomic E-state index is -0.468. The van der Waals surface area contributed by atoms with E-state index in [9.17, 15) is 8.78 Å². The van der Waals surface area contributed by atoms with Crippen molar-refractivity contribution in [1.82, 2.24) is 0 Å². The molecular weight excluding hydrogens is 352 g/mol. The number of hydrogen-bond donors (Lipinski definition) is 1. The van der Waals surface area contributed by atoms with Crippen LogP contribution in [0.15, 0.2) is 36.4 Å². The van der Waals surface area contributed by atoms with E-state index in [0.717, 1.165) is 49.6 Å². The van der Waals surface area contributed by atoms with Gasteiger partial charge in [0.1, 0.15) is 23.1 Å². The highest BCUT2D eigenvalue weighted by Crippen LogP contribution is 2.30. The molecule has 0 radical (unpaired) electrons. The second-order valence-corrected chi connectivity index (χ2v) is 6.71. The second-order valence-electron chi connectivity index (χ2n) is 6.71. The standard InChI is InChI=1S/C21H25F2NO3/c22-16-6-8-19(23)15(12-16)14-25-10-1-2-11-26-21-9-7-18(13-20(21)24)27-17-4-3-5-17/h6-9,12-13,17H,1-5,10-11,14,24H2. The van der Waals surface area contributed by atoms with Crippen LogP contribution < -0.4 is 15.2 Å². The molecule has 0 unspecified atom stereocenters. The third-order valence-corrected chi connectivity index (χ3v) is 4.54. The zero-order valence-electron chi connectivity index (χ0n) is 15.3. The summed E-state index contributed by atoms with van der Waals surface area (Å²) in [6.45, 7) is 1.01. The molecular formula is C21H25F2NO3. The van der Waals surface area contributed by atoms with Gasteiger partial charge < -0.3 is 19.9 Å². The fourth-order valence-electron chi connectivity index (χ4n) is 2.74. The summed E-state index contributed by atoms with van der Waals surface area (Å²) in [5, 5.41) is 0. The van der Waals surface area contributed by atoms with E-state index in [1.807, 2.05) is 12.1 Å². The van der Waals surface area contributed by atoms with Gasteiger partial charge >= 0.3 is 0 Å². The highest BCUT2D eigenvalue weighted by atomic mass is 19.1. The summed E-state index contributed by atoms with van der Waals surface area (Å²) in [7, 11) is 0. The second kappa shape index (κ2) is 9.55. The average Bonchev–Trinajstić information content (AvgIpc) is 2.61. The van der Waals surface area contributed by atoms with Crippen LogP contribution in [0.3, 0.4) is 0 Å². The zero-order chi connectivity index (χ0) is 19.1. The van der Waals surface area contributed by atoms with Crippen molar-refractivity contribution in [2.75, 3.05) is 18.9 Å². The summed E-state index contributed by atoms with van der Waals surface area (Å²) in [5.74, 6) is 0.492. The highest BCUT2D eigenvalue weighted by molar-refractivity contribution is 5.56. The molecule has 2 aromatic carbocycles. The van der Waals surface area contributed by atoms with Crippen molar-refractivity contribution in [1.29, 1.82) is 0 Å². The van der Waals surface area contributed by atoms with Gasteiger partial charge in [-0.1, -0.05) is 0 Å². The molecule has 4 nitrogen and oxygen atoms in total. The number of nitrogen functional groups attached to an aromatic ring is 1. The predicted molar refractivity (Wildman–Crippen MR) is 99.9 cm³/mol. The summed E-state index contributed by atoms with van der Waals surface area (Å²) in [5.41, 5.74) is 6.80. The Morgan fingerprint density at radius 2 is 1.81 bits per heavy atom. The van der Waals surface area contributed by atoms with Crippen molar-refractivity contribution in [3.8, 4) is 11.5 Å². The van der Waals surface area contributed by atoms with Crippen molar-refractivity contribution in [2.45, 2.75) is 44.8 Å². The molecule has 2 N–H and O–H groups in total. The Labute approximate surface area is 158 Å². The Morgan fingerprint density at radius 3 is 2.56 bits per heavy atom. The van der Waals surface area contributed by atoms with Crippen LogP contribution in [0.5, 0.6) is 11.5 Å². The summed E-state index contributed by atoms with van der Waals surface area (Å²) in [6.07, 6.45) is 5.27. The molecule has 0 heterocycles. The lowest BCUT2D eigenvalue weighted by Crippen LogP contribution is -2.24. The van der Waals surface area contributed by atoms with Crippen molar-refractivity contribution in [2.24, 2.45) is 0 Å². The van der Waals surface area contributed by atoms with Crippen molar-refractivity contribution in [3.05, 3.63) is 53.6 Å². The lowest BCUT2D eigenvalue weighted by atomic mass is 9.96. The zero-order valence-corrected chi connectivity index (χ0v) is 15.3. The topological polar surface area (TPSA) is 53.7 Å². The Kier molecular flexibility index (Phi) is 6.87. The first-order valence-electron chi connectivity index (χ1n) is 9.32. The fourth-order valence-corrected chi connectivity index (χ4v) is 2.74. The first kappa shape index (κ1) is 19.4. The third kappa shape index (κ3) is 5.82. The van der Waals surface area contributed by atoms with Crippen LogP contribution >= 0.6 is 0 Å². The van der Waals surface area contributed by atoms with Crippen molar-refractivity contribution in [3.63, 3.8) is 0 Å². The highest BCUT2D eigenvalue weighted by Gasteiger charge is 2.19. The molecule has 3 rings (SSSR count). The number of anilines is 1. The summed E-state index contributed by atoms with van der Waals surface area (Å²) in [4.78, 5) is 0. The van der Waals surface area contributed by atoms with Gasteiger partial charge in [0, 0.05) is 18.2 Å². The average molecular weight is 377 g/mol. The number of halogens is 2. The Hall–Kier alpha value is -2.34. The number of ether oxygens (including phenoxy) is 3. The van der Waals surface area contributed by atoms with Gasteiger partial charge in [0.25, 0.3) is 0 Å². The van der Waals surface area contributed by atoms with E-state index in [4.69, 9.17) is 19.9 Å². The van der Waals surface area contributed by atoms with Crippen LogP contribution in [0.2, 0.25) is 0 Å². The van der Waals surface area contributed by atoms with E-state index in [-0.39, 0.29) is 12.2 Å². The van der Waals surface area contributed by atoms with Gasteiger partial charge in [0.2, 0.25) is 0 Å². The lowest BCUT2D eigenvalue weighted by Gasteiger charge is -2.26. The third-order valence-electron chi connectivity index (χ3n) is 4.54. The van der Waals surface area contributed by atoms with Gasteiger partial charge in [-0.3, -0.25) is 0 Å². The first-order chi connectivity index (χ1) is 13.1. The summed E-state index contributed by atoms with van der Waals surface area (Å²) in [6, 6.07) is 8.85. The fraction of sp³-hybridized carbons (Fsp3) is 0.429. The molecule has 1 fully saturated rings. The minimum Gasteiger partial charge on any atom is -0.491 e. The largest absolute Gasteiger partial charge is 0.491 e. The van der Waals surface area contributed by atoms with E-state index in [2.05, 4.69) is 0 Å². The van der Waals surface area contributed by atoms with Crippen LogP contribution in [0.4, 0.5) is 14.5 Å². The van der Waals surface area contributed by atoms with Gasteiger partial charge in [-0.2, -0.15) is 0 Å². The van der Waals surface area contributed by atoms with Crippen LogP contribution in [0, 0.1) is 11.6 Å². The summed E-state index contributed by atoms with van der Waals surface area (Å²) >= 11 is 0. The van der Waals surface area contributed by atoms with E-state index in [1.54, 1.807) is 6.07 Å². The van der Waals surface area contributed by atoms with E-state index < -0.39 is 11.6 Å². The summed E-state index contributed by atoms with van der Waals surface area (Å²) < 4.78 is 43.4. The maximum atomic E-state index is 13.5. The molecule has 1 aliphatic rings. The quantitative estimate of drug-likeness (QED) is 0.475. The van der Waals surface area contributed by atoms with E-state index in [1.165, 1.54) is 6.42 Å². The van der Waals surface area contributed by atoms with E-state index >= 15 is 0 Å². The SMILES string of the molecule is Nc1cc(OC2CCC2)ccc1OCCCCOCc1cc(F)ccc1F. The van der Waals surface area contributed by atoms with Gasteiger partial charge in [-0.05, 0) is 62.4 Å². The number of nitrogens with two attached hydrogens (primary N) is 1. The molecule has 27 heavy (non-hydrogen) atoms. The number of hydrogen-bond acceptors (Lipinski definition) is 4. The number of unbranched alkanes of at least 4 members (excludes halogenated alkanes) is 1. The maximum absolute atomic E-state index is 13.5. The molecule has 0 aromatic heterocycles. The molecule has 0 spiro atoms. The van der Waals surface area contributed by atoms with Crippen molar-refractivity contribution >= 4 is 5.69 Å². The maximum Gasteiger partial charge on any atom is 0.142 e.